The Balaban J connectivity index is 2.41. The molecule has 2 N–H and O–H groups in total. The topological polar surface area (TPSA) is 48.1 Å². The number of nitrogens with two attached hydrogens (primary N) is 1. The highest BCUT2D eigenvalue weighted by molar-refractivity contribution is 9.10. The third-order valence-corrected chi connectivity index (χ3v) is 3.12. The molecule has 0 amide bonds. The molecule has 2 rings (SSSR count). The smallest absolute Gasteiger partial charge is 0.146 e. The zero-order valence-corrected chi connectivity index (χ0v) is 12.2. The molecular formula is C14H14BrFN2O. The van der Waals surface area contributed by atoms with E-state index in [2.05, 4.69) is 20.9 Å². The molecule has 0 fully saturated rings. The molecule has 2 aromatic rings. The Morgan fingerprint density at radius 1 is 1.32 bits per heavy atom. The molecule has 5 heteroatoms. The molecule has 3 nitrogen and oxygen atoms in total. The molecule has 0 saturated carbocycles. The Labute approximate surface area is 119 Å². The van der Waals surface area contributed by atoms with Crippen LogP contribution in [0, 0.1) is 12.7 Å². The van der Waals surface area contributed by atoms with E-state index in [1.54, 1.807) is 38.4 Å². The second-order valence-electron chi connectivity index (χ2n) is 4.37. The number of hydrogen-bond donors (Lipinski definition) is 1. The van der Waals surface area contributed by atoms with Crippen molar-refractivity contribution >= 4 is 15.9 Å². The van der Waals surface area contributed by atoms with E-state index in [1.807, 2.05) is 0 Å². The van der Waals surface area contributed by atoms with Crippen molar-refractivity contribution in [3.05, 3.63) is 52.0 Å². The van der Waals surface area contributed by atoms with Crippen LogP contribution < -0.4 is 10.5 Å². The standard InChI is InChI=1S/C14H14BrFN2O/c1-8-3-14(12(9(2)17)5-13(8)16)19-11-4-10(15)6-18-7-11/h3-7,9H,17H2,1-2H3/t9-/m1/s1. The molecule has 0 aliphatic rings. The molecule has 0 radical (unpaired) electrons. The fraction of sp³-hybridized carbons (Fsp3) is 0.214. The van der Waals surface area contributed by atoms with Gasteiger partial charge < -0.3 is 10.5 Å². The number of rotatable bonds is 3. The highest BCUT2D eigenvalue weighted by Gasteiger charge is 2.13. The van der Waals surface area contributed by atoms with Gasteiger partial charge in [0.15, 0.2) is 0 Å². The van der Waals surface area contributed by atoms with Crippen molar-refractivity contribution in [3.63, 3.8) is 0 Å². The maximum atomic E-state index is 13.6. The second-order valence-corrected chi connectivity index (χ2v) is 5.28. The average molecular weight is 325 g/mol. The van der Waals surface area contributed by atoms with Crippen LogP contribution >= 0.6 is 15.9 Å². The van der Waals surface area contributed by atoms with Gasteiger partial charge in [-0.1, -0.05) is 0 Å². The van der Waals surface area contributed by atoms with E-state index in [-0.39, 0.29) is 11.9 Å². The summed E-state index contributed by atoms with van der Waals surface area (Å²) in [5.41, 5.74) is 6.99. The number of aromatic nitrogens is 1. The number of aryl methyl sites for hydroxylation is 1. The van der Waals surface area contributed by atoms with E-state index in [4.69, 9.17) is 10.5 Å². The van der Waals surface area contributed by atoms with Crippen molar-refractivity contribution in [2.75, 3.05) is 0 Å². The van der Waals surface area contributed by atoms with Crippen molar-refractivity contribution < 1.29 is 9.13 Å². The van der Waals surface area contributed by atoms with Crippen LogP contribution in [0.4, 0.5) is 4.39 Å². The molecule has 19 heavy (non-hydrogen) atoms. The number of ether oxygens (including phenoxy) is 1. The first-order valence-electron chi connectivity index (χ1n) is 5.81. The minimum absolute atomic E-state index is 0.285. The van der Waals surface area contributed by atoms with E-state index < -0.39 is 0 Å². The number of benzene rings is 1. The lowest BCUT2D eigenvalue weighted by atomic mass is 10.1. The maximum absolute atomic E-state index is 13.6. The Kier molecular flexibility index (Phi) is 4.17. The van der Waals surface area contributed by atoms with Crippen LogP contribution in [-0.4, -0.2) is 4.98 Å². The fourth-order valence-corrected chi connectivity index (χ4v) is 2.03. The van der Waals surface area contributed by atoms with Gasteiger partial charge in [0.2, 0.25) is 0 Å². The normalized spacial score (nSPS) is 12.3. The minimum atomic E-state index is -0.315. The van der Waals surface area contributed by atoms with Crippen molar-refractivity contribution in [1.29, 1.82) is 0 Å². The van der Waals surface area contributed by atoms with E-state index in [0.717, 1.165) is 4.47 Å². The van der Waals surface area contributed by atoms with Gasteiger partial charge in [0.05, 0.1) is 6.20 Å². The monoisotopic (exact) mass is 324 g/mol. The molecule has 0 saturated heterocycles. The maximum Gasteiger partial charge on any atom is 0.146 e. The minimum Gasteiger partial charge on any atom is -0.455 e. The largest absolute Gasteiger partial charge is 0.455 e. The summed E-state index contributed by atoms with van der Waals surface area (Å²) < 4.78 is 20.2. The Morgan fingerprint density at radius 3 is 2.68 bits per heavy atom. The lowest BCUT2D eigenvalue weighted by molar-refractivity contribution is 0.465. The van der Waals surface area contributed by atoms with E-state index in [1.165, 1.54) is 6.07 Å². The highest BCUT2D eigenvalue weighted by Crippen LogP contribution is 2.31. The van der Waals surface area contributed by atoms with Gasteiger partial charge in [-0.05, 0) is 53.5 Å². The van der Waals surface area contributed by atoms with Gasteiger partial charge in [-0.15, -0.1) is 0 Å². The van der Waals surface area contributed by atoms with Gasteiger partial charge in [-0.2, -0.15) is 0 Å². The van der Waals surface area contributed by atoms with Crippen LogP contribution in [0.2, 0.25) is 0 Å². The summed E-state index contributed by atoms with van der Waals surface area (Å²) in [5.74, 6) is 0.836. The van der Waals surface area contributed by atoms with Crippen LogP contribution in [0.3, 0.4) is 0 Å². The van der Waals surface area contributed by atoms with E-state index in [0.29, 0.717) is 22.6 Å². The van der Waals surface area contributed by atoms with Gasteiger partial charge in [0, 0.05) is 22.3 Å². The summed E-state index contributed by atoms with van der Waals surface area (Å²) in [6, 6.07) is 4.54. The Bertz CT molecular complexity index is 602. The first kappa shape index (κ1) is 14.0. The Hall–Kier alpha value is -1.46. The zero-order valence-electron chi connectivity index (χ0n) is 10.7. The molecular weight excluding hydrogens is 311 g/mol. The molecule has 0 aliphatic carbocycles. The third kappa shape index (κ3) is 3.30. The highest BCUT2D eigenvalue weighted by atomic mass is 79.9. The van der Waals surface area contributed by atoms with Gasteiger partial charge >= 0.3 is 0 Å². The number of hydrogen-bond acceptors (Lipinski definition) is 3. The summed E-state index contributed by atoms with van der Waals surface area (Å²) in [6.07, 6.45) is 3.25. The van der Waals surface area contributed by atoms with E-state index >= 15 is 0 Å². The molecule has 1 aromatic heterocycles. The van der Waals surface area contributed by atoms with Gasteiger partial charge in [-0.25, -0.2) is 4.39 Å². The molecule has 0 unspecified atom stereocenters. The second kappa shape index (κ2) is 5.67. The summed E-state index contributed by atoms with van der Waals surface area (Å²) >= 11 is 3.32. The lowest BCUT2D eigenvalue weighted by Crippen LogP contribution is -2.08. The zero-order chi connectivity index (χ0) is 14.0. The quantitative estimate of drug-likeness (QED) is 0.924. The summed E-state index contributed by atoms with van der Waals surface area (Å²) in [4.78, 5) is 4.02. The summed E-state index contributed by atoms with van der Waals surface area (Å²) in [6.45, 7) is 3.47. The Morgan fingerprint density at radius 2 is 2.05 bits per heavy atom. The van der Waals surface area contributed by atoms with E-state index in [9.17, 15) is 4.39 Å². The fourth-order valence-electron chi connectivity index (χ4n) is 1.69. The van der Waals surface area contributed by atoms with Crippen molar-refractivity contribution in [2.24, 2.45) is 5.73 Å². The summed E-state index contributed by atoms with van der Waals surface area (Å²) in [5, 5.41) is 0. The van der Waals surface area contributed by atoms with Crippen LogP contribution in [0.15, 0.2) is 35.1 Å². The molecule has 100 valence electrons. The van der Waals surface area contributed by atoms with Crippen LogP contribution in [0.5, 0.6) is 11.5 Å². The van der Waals surface area contributed by atoms with Gasteiger partial charge in [-0.3, -0.25) is 4.98 Å². The van der Waals surface area contributed by atoms with Crippen molar-refractivity contribution in [2.45, 2.75) is 19.9 Å². The van der Waals surface area contributed by atoms with Crippen LogP contribution in [0.25, 0.3) is 0 Å². The number of nitrogens with zero attached hydrogens (tertiary/aromatic N) is 1. The average Bonchev–Trinajstić information content (AvgIpc) is 2.33. The van der Waals surface area contributed by atoms with Gasteiger partial charge in [0.25, 0.3) is 0 Å². The molecule has 1 atom stereocenters. The number of halogens is 2. The molecule has 1 heterocycles. The molecule has 0 aliphatic heterocycles. The van der Waals surface area contributed by atoms with Crippen LogP contribution in [0.1, 0.15) is 24.1 Å². The molecule has 1 aromatic carbocycles. The lowest BCUT2D eigenvalue weighted by Gasteiger charge is -2.15. The SMILES string of the molecule is Cc1cc(Oc2cncc(Br)c2)c([C@@H](C)N)cc1F. The van der Waals surface area contributed by atoms with Crippen LogP contribution in [-0.2, 0) is 0 Å². The first-order valence-corrected chi connectivity index (χ1v) is 6.60. The van der Waals surface area contributed by atoms with Crippen molar-refractivity contribution in [3.8, 4) is 11.5 Å². The molecule has 0 bridgehead atoms. The van der Waals surface area contributed by atoms with Crippen molar-refractivity contribution in [1.82, 2.24) is 4.98 Å². The molecule has 0 spiro atoms. The summed E-state index contributed by atoms with van der Waals surface area (Å²) in [7, 11) is 0. The first-order chi connectivity index (χ1) is 8.97. The third-order valence-electron chi connectivity index (χ3n) is 2.69. The predicted octanol–water partition coefficient (Wildman–Crippen LogP) is 4.10. The van der Waals surface area contributed by atoms with Gasteiger partial charge in [0.1, 0.15) is 17.3 Å². The predicted molar refractivity (Wildman–Crippen MR) is 75.8 cm³/mol. The number of pyridine rings is 1.